The Morgan fingerprint density at radius 3 is 2.19 bits per heavy atom. The summed E-state index contributed by atoms with van der Waals surface area (Å²) < 4.78 is 28.9. The molecule has 3 aliphatic heterocycles. The van der Waals surface area contributed by atoms with Crippen LogP contribution in [0, 0.1) is 0 Å². The Balaban J connectivity index is 1.57. The fourth-order valence-electron chi connectivity index (χ4n) is 4.92. The molecule has 0 unspecified atom stereocenters. The van der Waals surface area contributed by atoms with E-state index in [4.69, 9.17) is 11.6 Å². The first-order chi connectivity index (χ1) is 15.4. The molecule has 0 aliphatic carbocycles. The van der Waals surface area contributed by atoms with Gasteiger partial charge < -0.3 is 4.90 Å². The van der Waals surface area contributed by atoms with Gasteiger partial charge in [-0.25, -0.2) is 8.42 Å². The Kier molecular flexibility index (Phi) is 5.48. The van der Waals surface area contributed by atoms with Crippen molar-refractivity contribution in [2.45, 2.75) is 24.0 Å². The second-order valence-electron chi connectivity index (χ2n) is 8.75. The predicted octanol–water partition coefficient (Wildman–Crippen LogP) is 4.75. The van der Waals surface area contributed by atoms with Crippen molar-refractivity contribution >= 4 is 43.9 Å². The molecule has 6 rings (SSSR count). The molecule has 0 amide bonds. The van der Waals surface area contributed by atoms with Crippen molar-refractivity contribution in [2.75, 3.05) is 30.5 Å². The van der Waals surface area contributed by atoms with E-state index in [-0.39, 0.29) is 12.3 Å². The van der Waals surface area contributed by atoms with Gasteiger partial charge in [-0.1, -0.05) is 41.9 Å². The van der Waals surface area contributed by atoms with E-state index in [0.717, 1.165) is 30.4 Å². The van der Waals surface area contributed by atoms with Crippen LogP contribution in [0.5, 0.6) is 0 Å². The molecule has 3 aliphatic rings. The van der Waals surface area contributed by atoms with Crippen LogP contribution in [0.15, 0.2) is 66.7 Å². The molecule has 0 aromatic heterocycles. The van der Waals surface area contributed by atoms with Crippen molar-refractivity contribution in [1.29, 1.82) is 0 Å². The number of carbonyl (C=O) groups excluding carboxylic acids is 1. The van der Waals surface area contributed by atoms with Crippen LogP contribution < -0.4 is 4.31 Å². The summed E-state index contributed by atoms with van der Waals surface area (Å²) in [6, 6.07) is 20.0. The van der Waals surface area contributed by atoms with Gasteiger partial charge in [-0.15, -0.1) is 0 Å². The van der Waals surface area contributed by atoms with Crippen molar-refractivity contribution < 1.29 is 13.2 Å². The van der Waals surface area contributed by atoms with Crippen molar-refractivity contribution in [3.8, 4) is 0 Å². The van der Waals surface area contributed by atoms with Gasteiger partial charge >= 0.3 is 0 Å². The van der Waals surface area contributed by atoms with E-state index >= 15 is 0 Å². The first kappa shape index (κ1) is 21.4. The number of fused-ring (bicyclic) bond motifs is 4. The summed E-state index contributed by atoms with van der Waals surface area (Å²) in [7, 11) is -3.77. The van der Waals surface area contributed by atoms with E-state index in [0.29, 0.717) is 35.5 Å². The summed E-state index contributed by atoms with van der Waals surface area (Å²) in [5, 5.41) is 2.51. The van der Waals surface area contributed by atoms with Crippen LogP contribution in [-0.4, -0.2) is 50.0 Å². The van der Waals surface area contributed by atoms with Gasteiger partial charge in [0.2, 0.25) is 10.0 Å². The van der Waals surface area contributed by atoms with Crippen LogP contribution in [0.2, 0.25) is 5.02 Å². The molecule has 32 heavy (non-hydrogen) atoms. The minimum atomic E-state index is -3.77. The fraction of sp³-hybridized carbons (Fsp3) is 0.320. The van der Waals surface area contributed by atoms with Crippen molar-refractivity contribution in [2.24, 2.45) is 0 Å². The highest BCUT2D eigenvalue weighted by Gasteiger charge is 2.52. The number of halogens is 1. The Morgan fingerprint density at radius 1 is 0.906 bits per heavy atom. The summed E-state index contributed by atoms with van der Waals surface area (Å²) in [5.41, 5.74) is 0.986. The Morgan fingerprint density at radius 2 is 1.53 bits per heavy atom. The highest BCUT2D eigenvalue weighted by atomic mass is 35.5. The lowest BCUT2D eigenvalue weighted by Gasteiger charge is -2.49. The average Bonchev–Trinajstić information content (AvgIpc) is 2.83. The quantitative estimate of drug-likeness (QED) is 0.490. The smallest absolute Gasteiger partial charge is 0.241 e. The van der Waals surface area contributed by atoms with Crippen LogP contribution in [0.1, 0.15) is 29.6 Å². The zero-order chi connectivity index (χ0) is 22.3. The third kappa shape index (κ3) is 3.70. The van der Waals surface area contributed by atoms with Crippen LogP contribution in [0.4, 0.5) is 5.69 Å². The number of piperidine rings is 3. The maximum absolute atomic E-state index is 14.2. The second kappa shape index (κ2) is 8.18. The van der Waals surface area contributed by atoms with Gasteiger partial charge in [0.1, 0.15) is 0 Å². The first-order valence-corrected chi connectivity index (χ1v) is 12.7. The fourth-order valence-corrected chi connectivity index (χ4v) is 7.24. The standard InChI is InChI=1S/C25H25ClN2O3S/c26-22-8-5-20(6-9-22)24(29)18-28(23-10-7-19-3-1-2-4-21(19)17-23)32(30,31)25-11-14-27(15-12-25)16-13-25/h1-10,17H,11-16,18H2. The normalized spacial score (nSPS) is 22.7. The number of ketones is 1. The Labute approximate surface area is 193 Å². The topological polar surface area (TPSA) is 57.7 Å². The highest BCUT2D eigenvalue weighted by Crippen LogP contribution is 2.42. The van der Waals surface area contributed by atoms with Crippen LogP contribution in [-0.2, 0) is 10.0 Å². The first-order valence-electron chi connectivity index (χ1n) is 10.9. The van der Waals surface area contributed by atoms with Crippen LogP contribution >= 0.6 is 11.6 Å². The summed E-state index contributed by atoms with van der Waals surface area (Å²) >= 11 is 5.97. The monoisotopic (exact) mass is 468 g/mol. The molecule has 7 heteroatoms. The molecule has 0 atom stereocenters. The van der Waals surface area contributed by atoms with Gasteiger partial charge in [-0.2, -0.15) is 0 Å². The Hall–Kier alpha value is -2.41. The van der Waals surface area contributed by atoms with Crippen LogP contribution in [0.3, 0.4) is 0 Å². The second-order valence-corrected chi connectivity index (χ2v) is 11.4. The van der Waals surface area contributed by atoms with Gasteiger partial charge in [-0.3, -0.25) is 9.10 Å². The average molecular weight is 469 g/mol. The molecule has 2 bridgehead atoms. The molecule has 3 fully saturated rings. The van der Waals surface area contributed by atoms with E-state index in [1.807, 2.05) is 42.5 Å². The molecule has 5 nitrogen and oxygen atoms in total. The summed E-state index contributed by atoms with van der Waals surface area (Å²) in [6.45, 7) is 2.13. The molecule has 3 heterocycles. The molecule has 0 radical (unpaired) electrons. The number of sulfonamides is 1. The van der Waals surface area contributed by atoms with Gasteiger partial charge in [0, 0.05) is 10.6 Å². The molecular formula is C25H25ClN2O3S. The molecule has 3 aromatic carbocycles. The van der Waals surface area contributed by atoms with E-state index in [2.05, 4.69) is 4.90 Å². The van der Waals surface area contributed by atoms with E-state index in [9.17, 15) is 13.2 Å². The molecule has 166 valence electrons. The highest BCUT2D eigenvalue weighted by molar-refractivity contribution is 7.94. The lowest BCUT2D eigenvalue weighted by Crippen LogP contribution is -2.60. The van der Waals surface area contributed by atoms with E-state index in [1.54, 1.807) is 24.3 Å². The number of carbonyl (C=O) groups is 1. The minimum Gasteiger partial charge on any atom is -0.303 e. The summed E-state index contributed by atoms with van der Waals surface area (Å²) in [6.07, 6.45) is 1.82. The lowest BCUT2D eigenvalue weighted by molar-refractivity contribution is 0.100. The van der Waals surface area contributed by atoms with Crippen molar-refractivity contribution in [1.82, 2.24) is 4.90 Å². The lowest BCUT2D eigenvalue weighted by atomic mass is 9.87. The predicted molar refractivity (Wildman–Crippen MR) is 129 cm³/mol. The van der Waals surface area contributed by atoms with Gasteiger partial charge in [-0.05, 0) is 86.1 Å². The molecule has 3 aromatic rings. The third-order valence-electron chi connectivity index (χ3n) is 6.96. The number of nitrogens with zero attached hydrogens (tertiary/aromatic N) is 2. The molecule has 0 N–H and O–H groups in total. The zero-order valence-electron chi connectivity index (χ0n) is 17.7. The SMILES string of the molecule is O=C(CN(c1ccc2ccccc2c1)S(=O)(=O)C12CCN(CC1)CC2)c1ccc(Cl)cc1. The van der Waals surface area contributed by atoms with E-state index in [1.165, 1.54) is 4.31 Å². The number of rotatable bonds is 6. The summed E-state index contributed by atoms with van der Waals surface area (Å²) in [5.74, 6) is -0.247. The molecule has 0 spiro atoms. The zero-order valence-corrected chi connectivity index (χ0v) is 19.3. The Bertz CT molecular complexity index is 1250. The molecule has 3 saturated heterocycles. The molecule has 0 saturated carbocycles. The summed E-state index contributed by atoms with van der Waals surface area (Å²) in [4.78, 5) is 15.5. The number of anilines is 1. The number of Topliss-reactive ketones (excluding diaryl/α,β-unsaturated/α-hetero) is 1. The number of benzene rings is 3. The largest absolute Gasteiger partial charge is 0.303 e. The minimum absolute atomic E-state index is 0.228. The maximum atomic E-state index is 14.2. The third-order valence-corrected chi connectivity index (χ3v) is 9.84. The maximum Gasteiger partial charge on any atom is 0.241 e. The molecular weight excluding hydrogens is 444 g/mol. The number of hydrogen-bond acceptors (Lipinski definition) is 4. The van der Waals surface area contributed by atoms with Crippen LogP contribution in [0.25, 0.3) is 10.8 Å². The van der Waals surface area contributed by atoms with Gasteiger partial charge in [0.15, 0.2) is 5.78 Å². The van der Waals surface area contributed by atoms with Gasteiger partial charge in [0.05, 0.1) is 17.0 Å². The van der Waals surface area contributed by atoms with Crippen molar-refractivity contribution in [3.63, 3.8) is 0 Å². The van der Waals surface area contributed by atoms with Crippen molar-refractivity contribution in [3.05, 3.63) is 77.3 Å². The number of hydrogen-bond donors (Lipinski definition) is 0. The van der Waals surface area contributed by atoms with Gasteiger partial charge in [0.25, 0.3) is 0 Å². The van der Waals surface area contributed by atoms with E-state index < -0.39 is 14.8 Å².